The van der Waals surface area contributed by atoms with Gasteiger partial charge in [-0.1, -0.05) is 48.6 Å². The van der Waals surface area contributed by atoms with E-state index in [0.717, 1.165) is 23.8 Å². The number of rotatable bonds is 2. The maximum Gasteiger partial charge on any atom is 0.419 e. The minimum Gasteiger partial charge on any atom is -0.206 e. The van der Waals surface area contributed by atoms with Gasteiger partial charge in [-0.15, -0.1) is 0 Å². The van der Waals surface area contributed by atoms with Crippen LogP contribution in [0.3, 0.4) is 0 Å². The van der Waals surface area contributed by atoms with Gasteiger partial charge < -0.3 is 0 Å². The number of aliphatic imine (C=N–C) groups is 2. The molecular weight excluding hydrogens is 652 g/mol. The first-order chi connectivity index (χ1) is 23.2. The molecular formula is C37H18F8N4. The molecule has 7 rings (SSSR count). The van der Waals surface area contributed by atoms with Gasteiger partial charge in [0.15, 0.2) is 0 Å². The zero-order valence-electron chi connectivity index (χ0n) is 25.0. The van der Waals surface area contributed by atoms with Crippen LogP contribution in [0.15, 0.2) is 94.4 Å². The minimum atomic E-state index is -4.86. The largest absolute Gasteiger partial charge is 0.419 e. The molecule has 12 heteroatoms. The van der Waals surface area contributed by atoms with Gasteiger partial charge in [0.05, 0.1) is 22.6 Å². The molecule has 0 saturated carbocycles. The van der Waals surface area contributed by atoms with E-state index < -0.39 is 41.0 Å². The lowest BCUT2D eigenvalue weighted by atomic mass is 9.81. The van der Waals surface area contributed by atoms with Crippen molar-refractivity contribution in [2.24, 2.45) is 15.9 Å². The highest BCUT2D eigenvalue weighted by Crippen LogP contribution is 2.52. The Morgan fingerprint density at radius 2 is 1.16 bits per heavy atom. The highest BCUT2D eigenvalue weighted by atomic mass is 19.4. The van der Waals surface area contributed by atoms with Crippen molar-refractivity contribution in [3.05, 3.63) is 135 Å². The summed E-state index contributed by atoms with van der Waals surface area (Å²) in [4.78, 5) is 8.22. The average molecular weight is 671 g/mol. The first kappa shape index (κ1) is 31.7. The fourth-order valence-corrected chi connectivity index (χ4v) is 7.04. The van der Waals surface area contributed by atoms with E-state index in [9.17, 15) is 45.6 Å². The Kier molecular flexibility index (Phi) is 7.18. The molecule has 0 amide bonds. The number of hydrogen-bond acceptors (Lipinski definition) is 4. The second kappa shape index (κ2) is 11.1. The van der Waals surface area contributed by atoms with Crippen LogP contribution in [0.4, 0.5) is 35.1 Å². The summed E-state index contributed by atoms with van der Waals surface area (Å²) >= 11 is 0. The number of hydrogen-bond donors (Lipinski definition) is 0. The summed E-state index contributed by atoms with van der Waals surface area (Å²) in [5.74, 6) is -3.70. The molecule has 4 aromatic carbocycles. The van der Waals surface area contributed by atoms with Gasteiger partial charge in [0.25, 0.3) is 0 Å². The Morgan fingerprint density at radius 3 is 1.78 bits per heavy atom. The van der Waals surface area contributed by atoms with Crippen molar-refractivity contribution in [2.75, 3.05) is 0 Å². The van der Waals surface area contributed by atoms with Gasteiger partial charge >= 0.3 is 12.4 Å². The van der Waals surface area contributed by atoms with Crippen molar-refractivity contribution in [1.29, 1.82) is 10.5 Å². The third-order valence-corrected chi connectivity index (χ3v) is 9.14. The summed E-state index contributed by atoms with van der Waals surface area (Å²) in [6.45, 7) is 1.72. The van der Waals surface area contributed by atoms with E-state index in [1.807, 2.05) is 18.3 Å². The molecule has 0 heterocycles. The third kappa shape index (κ3) is 5.03. The van der Waals surface area contributed by atoms with E-state index in [1.165, 1.54) is 6.07 Å². The molecule has 0 N–H and O–H groups in total. The van der Waals surface area contributed by atoms with Crippen LogP contribution in [0.5, 0.6) is 0 Å². The number of allylic oxidation sites excluding steroid dienone is 4. The number of alkyl halides is 6. The van der Waals surface area contributed by atoms with Gasteiger partial charge in [0.2, 0.25) is 12.4 Å². The van der Waals surface area contributed by atoms with E-state index in [1.54, 1.807) is 43.4 Å². The number of halogens is 8. The number of nitriles is 2. The maximum atomic E-state index is 14.5. The molecule has 0 spiro atoms. The van der Waals surface area contributed by atoms with Crippen LogP contribution >= 0.6 is 0 Å². The van der Waals surface area contributed by atoms with Crippen LogP contribution in [-0.4, -0.2) is 11.4 Å². The van der Waals surface area contributed by atoms with E-state index in [4.69, 9.17) is 0 Å². The molecule has 0 aromatic heterocycles. The van der Waals surface area contributed by atoms with Crippen molar-refractivity contribution in [2.45, 2.75) is 25.2 Å². The number of fused-ring (bicyclic) bond motifs is 6. The number of nitrogens with zero attached hydrogens (tertiary/aromatic N) is 4. The summed E-state index contributed by atoms with van der Waals surface area (Å²) in [6.07, 6.45) is -2.28. The Hall–Kier alpha value is -5.88. The highest BCUT2D eigenvalue weighted by molar-refractivity contribution is 6.31. The molecule has 0 aliphatic heterocycles. The van der Waals surface area contributed by atoms with Crippen LogP contribution in [-0.2, 0) is 12.4 Å². The third-order valence-electron chi connectivity index (χ3n) is 9.14. The minimum absolute atomic E-state index is 0.191. The monoisotopic (exact) mass is 670 g/mol. The molecule has 0 bridgehead atoms. The van der Waals surface area contributed by atoms with Crippen LogP contribution in [0, 0.1) is 47.4 Å². The lowest BCUT2D eigenvalue weighted by Gasteiger charge is -2.21. The highest BCUT2D eigenvalue weighted by Gasteiger charge is 2.43. The molecule has 49 heavy (non-hydrogen) atoms. The second-order valence-electron chi connectivity index (χ2n) is 11.7. The second-order valence-corrected chi connectivity index (χ2v) is 11.7. The van der Waals surface area contributed by atoms with Gasteiger partial charge in [-0.2, -0.15) is 46.9 Å². The van der Waals surface area contributed by atoms with Gasteiger partial charge in [-0.05, 0) is 81.8 Å². The molecule has 2 unspecified atom stereocenters. The molecule has 2 atom stereocenters. The van der Waals surface area contributed by atoms with Crippen LogP contribution < -0.4 is 0 Å². The summed E-state index contributed by atoms with van der Waals surface area (Å²) in [5.41, 5.74) is 3.57. The SMILES string of the molecule is Cc1c(-c2ccc(C(F)(F)F)c(F)c2)ccc2c1/C(=N\C#N)C1C=C3C(=CC21)/C(=N/C#N)c1cc(-c2ccc(C(F)(F)F)c(F)c2)ccc13. The van der Waals surface area contributed by atoms with Crippen LogP contribution in [0.25, 0.3) is 27.8 Å². The number of benzene rings is 4. The normalized spacial score (nSPS) is 19.4. The Bertz CT molecular complexity index is 2330. The van der Waals surface area contributed by atoms with Gasteiger partial charge in [-0.3, -0.25) is 0 Å². The topological polar surface area (TPSA) is 72.3 Å². The molecule has 0 radical (unpaired) electrons. The van der Waals surface area contributed by atoms with Crippen molar-refractivity contribution in [3.63, 3.8) is 0 Å². The fourth-order valence-electron chi connectivity index (χ4n) is 7.04. The van der Waals surface area contributed by atoms with Crippen molar-refractivity contribution >= 4 is 17.0 Å². The zero-order chi connectivity index (χ0) is 35.0. The maximum absolute atomic E-state index is 14.5. The fraction of sp³-hybridized carbons (Fsp3) is 0.135. The lowest BCUT2D eigenvalue weighted by molar-refractivity contribution is -0.140. The van der Waals surface area contributed by atoms with Crippen molar-refractivity contribution < 1.29 is 35.1 Å². The predicted octanol–water partition coefficient (Wildman–Crippen LogP) is 9.94. The standard InChI is InChI=1S/C37H18F8N4/c1-17-21(20-4-9-30(32(39)12-20)37(43,44)45)6-7-23-25-14-27-24(13-28(25)35(33(17)23)49-16-47)22-5-2-18(10-26(22)34(27)48-15-46)19-3-8-29(31(38)11-19)36(40,41)42/h2-14,25,28H,1H3/b48-34+,49-35-. The molecule has 3 aliphatic rings. The van der Waals surface area contributed by atoms with Gasteiger partial charge in [-0.25, -0.2) is 8.78 Å². The Labute approximate surface area is 273 Å². The van der Waals surface area contributed by atoms with Crippen molar-refractivity contribution in [3.8, 4) is 34.6 Å². The Balaban J connectivity index is 1.32. The van der Waals surface area contributed by atoms with Crippen LogP contribution in [0.2, 0.25) is 0 Å². The van der Waals surface area contributed by atoms with Crippen molar-refractivity contribution in [1.82, 2.24) is 0 Å². The van der Waals surface area contributed by atoms with E-state index in [0.29, 0.717) is 68.1 Å². The van der Waals surface area contributed by atoms with E-state index in [2.05, 4.69) is 9.98 Å². The summed E-state index contributed by atoms with van der Waals surface area (Å²) in [6, 6.07) is 13.7. The zero-order valence-corrected chi connectivity index (χ0v) is 25.0. The summed E-state index contributed by atoms with van der Waals surface area (Å²) in [5, 5.41) is 19.3. The quantitative estimate of drug-likeness (QED) is 0.157. The summed E-state index contributed by atoms with van der Waals surface area (Å²) < 4.78 is 108. The molecule has 4 nitrogen and oxygen atoms in total. The summed E-state index contributed by atoms with van der Waals surface area (Å²) in [7, 11) is 0. The van der Waals surface area contributed by atoms with Gasteiger partial charge in [0, 0.05) is 28.5 Å². The smallest absolute Gasteiger partial charge is 0.206 e. The van der Waals surface area contributed by atoms with E-state index >= 15 is 0 Å². The average Bonchev–Trinajstić information content (AvgIpc) is 3.51. The molecule has 0 fully saturated rings. The first-order valence-electron chi connectivity index (χ1n) is 14.6. The lowest BCUT2D eigenvalue weighted by Crippen LogP contribution is -2.16. The predicted molar refractivity (Wildman–Crippen MR) is 165 cm³/mol. The molecule has 242 valence electrons. The Morgan fingerprint density at radius 1 is 0.612 bits per heavy atom. The molecule has 3 aliphatic carbocycles. The van der Waals surface area contributed by atoms with E-state index in [-0.39, 0.29) is 17.0 Å². The first-order valence-corrected chi connectivity index (χ1v) is 14.6. The van der Waals surface area contributed by atoms with Crippen LogP contribution in [0.1, 0.15) is 44.9 Å². The molecule has 4 aromatic rings. The molecule has 0 saturated heterocycles. The van der Waals surface area contributed by atoms with Gasteiger partial charge in [0.1, 0.15) is 11.6 Å².